The fourth-order valence-electron chi connectivity index (χ4n) is 2.15. The molecule has 2 rings (SSSR count). The molecule has 1 aromatic heterocycles. The number of anilines is 1. The molecule has 0 unspecified atom stereocenters. The minimum atomic E-state index is -0.464. The van der Waals surface area contributed by atoms with Crippen LogP contribution in [0.4, 0.5) is 11.5 Å². The molecule has 0 saturated carbocycles. The van der Waals surface area contributed by atoms with E-state index < -0.39 is 4.92 Å². The number of aromatic nitrogens is 1. The van der Waals surface area contributed by atoms with E-state index in [1.54, 1.807) is 13.2 Å². The highest BCUT2D eigenvalue weighted by molar-refractivity contribution is 5.46. The Bertz CT molecular complexity index is 674. The molecule has 0 saturated heterocycles. The third-order valence-corrected chi connectivity index (χ3v) is 3.28. The smallest absolute Gasteiger partial charge is 0.287 e. The number of rotatable bonds is 7. The Hall–Kier alpha value is -2.83. The predicted molar refractivity (Wildman–Crippen MR) is 87.2 cm³/mol. The summed E-state index contributed by atoms with van der Waals surface area (Å²) in [6, 6.07) is 8.80. The number of nitrogens with zero attached hydrogens (tertiary/aromatic N) is 3. The summed E-state index contributed by atoms with van der Waals surface area (Å²) in [6.07, 6.45) is 1.25. The molecule has 0 bridgehead atoms. The highest BCUT2D eigenvalue weighted by atomic mass is 16.6. The summed E-state index contributed by atoms with van der Waals surface area (Å²) in [6.45, 7) is 3.08. The molecule has 1 aromatic carbocycles. The van der Waals surface area contributed by atoms with Crippen LogP contribution in [0.25, 0.3) is 0 Å². The molecular formula is C16H19N3O4. The van der Waals surface area contributed by atoms with Crippen LogP contribution < -0.4 is 14.4 Å². The average Bonchev–Trinajstić information content (AvgIpc) is 2.56. The Morgan fingerprint density at radius 2 is 2.04 bits per heavy atom. The maximum Gasteiger partial charge on any atom is 0.287 e. The number of nitro groups is 1. The second-order valence-electron chi connectivity index (χ2n) is 4.91. The van der Waals surface area contributed by atoms with Gasteiger partial charge in [0.15, 0.2) is 11.5 Å². The standard InChI is InChI=1S/C16H19N3O4/c1-4-23-14-7-5-12(9-15(14)22-3)11-18(2)16-8-6-13(10-17-16)19(20)21/h5-10H,4,11H2,1-3H3. The van der Waals surface area contributed by atoms with Gasteiger partial charge in [-0.15, -0.1) is 0 Å². The van der Waals surface area contributed by atoms with Crippen molar-refractivity contribution in [2.24, 2.45) is 0 Å². The van der Waals surface area contributed by atoms with Gasteiger partial charge in [0.25, 0.3) is 5.69 Å². The monoisotopic (exact) mass is 317 g/mol. The number of methoxy groups -OCH3 is 1. The quantitative estimate of drug-likeness (QED) is 0.577. The van der Waals surface area contributed by atoms with Crippen LogP contribution in [-0.2, 0) is 6.54 Å². The third-order valence-electron chi connectivity index (χ3n) is 3.28. The zero-order valence-electron chi connectivity index (χ0n) is 13.4. The highest BCUT2D eigenvalue weighted by Crippen LogP contribution is 2.29. The first-order chi connectivity index (χ1) is 11.0. The Labute approximate surface area is 134 Å². The second-order valence-corrected chi connectivity index (χ2v) is 4.91. The predicted octanol–water partition coefficient (Wildman–Crippen LogP) is 3.03. The first-order valence-corrected chi connectivity index (χ1v) is 7.16. The van der Waals surface area contributed by atoms with Crippen molar-refractivity contribution in [2.45, 2.75) is 13.5 Å². The summed E-state index contributed by atoms with van der Waals surface area (Å²) in [4.78, 5) is 16.2. The summed E-state index contributed by atoms with van der Waals surface area (Å²) in [5.74, 6) is 2.03. The topological polar surface area (TPSA) is 77.7 Å². The van der Waals surface area contributed by atoms with Crippen molar-refractivity contribution in [1.82, 2.24) is 4.98 Å². The highest BCUT2D eigenvalue weighted by Gasteiger charge is 2.10. The van der Waals surface area contributed by atoms with Crippen LogP contribution in [0.15, 0.2) is 36.5 Å². The third kappa shape index (κ3) is 4.09. The van der Waals surface area contributed by atoms with Crippen molar-refractivity contribution >= 4 is 11.5 Å². The van der Waals surface area contributed by atoms with Crippen LogP contribution in [-0.4, -0.2) is 30.7 Å². The molecule has 2 aromatic rings. The van der Waals surface area contributed by atoms with E-state index in [2.05, 4.69) is 4.98 Å². The van der Waals surface area contributed by atoms with Gasteiger partial charge in [0.2, 0.25) is 0 Å². The second kappa shape index (κ2) is 7.44. The number of benzene rings is 1. The minimum Gasteiger partial charge on any atom is -0.493 e. The van der Waals surface area contributed by atoms with Gasteiger partial charge in [0, 0.05) is 19.7 Å². The zero-order valence-corrected chi connectivity index (χ0v) is 13.4. The summed E-state index contributed by atoms with van der Waals surface area (Å²) in [7, 11) is 3.47. The molecule has 23 heavy (non-hydrogen) atoms. The van der Waals surface area contributed by atoms with Crippen LogP contribution in [0.2, 0.25) is 0 Å². The molecule has 0 aliphatic rings. The molecule has 7 nitrogen and oxygen atoms in total. The number of ether oxygens (including phenoxy) is 2. The van der Waals surface area contributed by atoms with E-state index >= 15 is 0 Å². The number of pyridine rings is 1. The molecule has 0 spiro atoms. The molecule has 0 aliphatic carbocycles. The minimum absolute atomic E-state index is 0.0233. The first-order valence-electron chi connectivity index (χ1n) is 7.16. The van der Waals surface area contributed by atoms with E-state index in [1.807, 2.05) is 37.1 Å². The van der Waals surface area contributed by atoms with E-state index in [4.69, 9.17) is 9.47 Å². The number of hydrogen-bond acceptors (Lipinski definition) is 6. The summed E-state index contributed by atoms with van der Waals surface area (Å²) in [5.41, 5.74) is 0.998. The molecular weight excluding hydrogens is 298 g/mol. The summed E-state index contributed by atoms with van der Waals surface area (Å²) < 4.78 is 10.8. The van der Waals surface area contributed by atoms with E-state index in [0.29, 0.717) is 30.5 Å². The van der Waals surface area contributed by atoms with Gasteiger partial charge in [-0.2, -0.15) is 0 Å². The van der Waals surface area contributed by atoms with Crippen molar-refractivity contribution in [2.75, 3.05) is 25.7 Å². The first kappa shape index (κ1) is 16.5. The van der Waals surface area contributed by atoms with E-state index in [0.717, 1.165) is 5.56 Å². The molecule has 7 heteroatoms. The number of hydrogen-bond donors (Lipinski definition) is 0. The molecule has 122 valence electrons. The van der Waals surface area contributed by atoms with Gasteiger partial charge in [-0.1, -0.05) is 6.07 Å². The normalized spacial score (nSPS) is 10.2. The van der Waals surface area contributed by atoms with Gasteiger partial charge >= 0.3 is 0 Å². The van der Waals surface area contributed by atoms with Crippen LogP contribution in [0.5, 0.6) is 11.5 Å². The largest absolute Gasteiger partial charge is 0.493 e. The molecule has 0 atom stereocenters. The van der Waals surface area contributed by atoms with Crippen molar-refractivity contribution in [3.05, 3.63) is 52.2 Å². The molecule has 0 aliphatic heterocycles. The van der Waals surface area contributed by atoms with Crippen LogP contribution in [0.3, 0.4) is 0 Å². The zero-order chi connectivity index (χ0) is 16.8. The van der Waals surface area contributed by atoms with Gasteiger partial charge < -0.3 is 14.4 Å². The molecule has 0 amide bonds. The maximum atomic E-state index is 10.7. The molecule has 0 radical (unpaired) electrons. The van der Waals surface area contributed by atoms with Crippen molar-refractivity contribution in [1.29, 1.82) is 0 Å². The van der Waals surface area contributed by atoms with Gasteiger partial charge in [-0.3, -0.25) is 10.1 Å². The lowest BCUT2D eigenvalue weighted by Crippen LogP contribution is -2.17. The SMILES string of the molecule is CCOc1ccc(CN(C)c2ccc([N+](=O)[O-])cn2)cc1OC. The van der Waals surface area contributed by atoms with E-state index in [-0.39, 0.29) is 5.69 Å². The van der Waals surface area contributed by atoms with Crippen LogP contribution in [0, 0.1) is 10.1 Å². The van der Waals surface area contributed by atoms with Crippen LogP contribution >= 0.6 is 0 Å². The van der Waals surface area contributed by atoms with Gasteiger partial charge in [-0.25, -0.2) is 4.98 Å². The molecule has 0 N–H and O–H groups in total. The Balaban J connectivity index is 2.13. The fraction of sp³-hybridized carbons (Fsp3) is 0.312. The molecule has 0 fully saturated rings. The summed E-state index contributed by atoms with van der Waals surface area (Å²) >= 11 is 0. The fourth-order valence-corrected chi connectivity index (χ4v) is 2.15. The lowest BCUT2D eigenvalue weighted by Gasteiger charge is -2.19. The van der Waals surface area contributed by atoms with Crippen molar-refractivity contribution < 1.29 is 14.4 Å². The maximum absolute atomic E-state index is 10.7. The summed E-state index contributed by atoms with van der Waals surface area (Å²) in [5, 5.41) is 10.7. The average molecular weight is 317 g/mol. The Kier molecular flexibility index (Phi) is 5.35. The lowest BCUT2D eigenvalue weighted by molar-refractivity contribution is -0.385. The van der Waals surface area contributed by atoms with E-state index in [9.17, 15) is 10.1 Å². The van der Waals surface area contributed by atoms with Crippen molar-refractivity contribution in [3.63, 3.8) is 0 Å². The van der Waals surface area contributed by atoms with Gasteiger partial charge in [0.1, 0.15) is 12.0 Å². The van der Waals surface area contributed by atoms with Crippen molar-refractivity contribution in [3.8, 4) is 11.5 Å². The van der Waals surface area contributed by atoms with E-state index in [1.165, 1.54) is 12.3 Å². The lowest BCUT2D eigenvalue weighted by atomic mass is 10.2. The van der Waals surface area contributed by atoms with Gasteiger partial charge in [0.05, 0.1) is 18.6 Å². The molecule has 1 heterocycles. The van der Waals surface area contributed by atoms with Crippen LogP contribution in [0.1, 0.15) is 12.5 Å². The Morgan fingerprint density at radius 1 is 1.26 bits per heavy atom. The Morgan fingerprint density at radius 3 is 2.61 bits per heavy atom. The van der Waals surface area contributed by atoms with Gasteiger partial charge in [-0.05, 0) is 30.7 Å².